The van der Waals surface area contributed by atoms with Gasteiger partial charge in [0, 0.05) is 0 Å². The van der Waals surface area contributed by atoms with Gasteiger partial charge in [0.1, 0.15) is 12.2 Å². The minimum absolute atomic E-state index is 0.150. The molecule has 0 aromatic heterocycles. The van der Waals surface area contributed by atoms with Crippen molar-refractivity contribution in [2.75, 3.05) is 6.61 Å². The topological polar surface area (TPSA) is 64.6 Å². The number of rotatable bonds is 1. The van der Waals surface area contributed by atoms with Crippen LogP contribution in [-0.4, -0.2) is 30.3 Å². The Balaban J connectivity index is 2.38. The summed E-state index contributed by atoms with van der Waals surface area (Å²) in [6.45, 7) is 7.41. The van der Waals surface area contributed by atoms with Gasteiger partial charge in [0.15, 0.2) is 0 Å². The molecule has 0 aromatic rings. The zero-order valence-corrected chi connectivity index (χ0v) is 10.2. The largest absolute Gasteiger partial charge is 0.463 e. The number of amides is 1. The van der Waals surface area contributed by atoms with Crippen molar-refractivity contribution < 1.29 is 19.1 Å². The zero-order chi connectivity index (χ0) is 12.3. The van der Waals surface area contributed by atoms with E-state index in [1.807, 2.05) is 0 Å². The quantitative estimate of drug-likeness (QED) is 0.691. The van der Waals surface area contributed by atoms with Crippen molar-refractivity contribution in [3.8, 4) is 0 Å². The maximum absolute atomic E-state index is 11.4. The van der Waals surface area contributed by atoms with Crippen LogP contribution in [0, 0.1) is 5.92 Å². The van der Waals surface area contributed by atoms with Crippen LogP contribution in [0.4, 0.5) is 4.79 Å². The first-order valence-corrected chi connectivity index (χ1v) is 5.44. The number of esters is 1. The number of hydrogen-bond donors (Lipinski definition) is 1. The Labute approximate surface area is 95.5 Å². The van der Waals surface area contributed by atoms with Gasteiger partial charge in [-0.1, -0.05) is 6.92 Å². The number of carbonyl (C=O) groups excluding carboxylic acids is 2. The van der Waals surface area contributed by atoms with E-state index in [-0.39, 0.29) is 24.5 Å². The second-order valence-corrected chi connectivity index (χ2v) is 5.11. The third-order valence-corrected chi connectivity index (χ3v) is 2.19. The lowest BCUT2D eigenvalue weighted by atomic mass is 10.0. The van der Waals surface area contributed by atoms with Gasteiger partial charge in [0.25, 0.3) is 0 Å². The maximum atomic E-state index is 11.4. The first-order chi connectivity index (χ1) is 7.28. The fourth-order valence-electron chi connectivity index (χ4n) is 1.49. The molecule has 5 nitrogen and oxygen atoms in total. The highest BCUT2D eigenvalue weighted by atomic mass is 16.6. The highest BCUT2D eigenvalue weighted by molar-refractivity contribution is 5.73. The Hall–Kier alpha value is -1.26. The molecule has 0 bridgehead atoms. The van der Waals surface area contributed by atoms with Gasteiger partial charge >= 0.3 is 12.1 Å². The number of alkyl carbamates (subject to hydrolysis) is 1. The lowest BCUT2D eigenvalue weighted by molar-refractivity contribution is -0.153. The fourth-order valence-corrected chi connectivity index (χ4v) is 1.49. The summed E-state index contributed by atoms with van der Waals surface area (Å²) >= 11 is 0. The van der Waals surface area contributed by atoms with Crippen molar-refractivity contribution in [1.29, 1.82) is 0 Å². The zero-order valence-electron chi connectivity index (χ0n) is 10.2. The van der Waals surface area contributed by atoms with Crippen molar-refractivity contribution in [1.82, 2.24) is 5.32 Å². The predicted octanol–water partition coefficient (Wildman–Crippen LogP) is 1.46. The molecule has 0 spiro atoms. The molecule has 1 amide bonds. The van der Waals surface area contributed by atoms with Crippen LogP contribution in [0.5, 0.6) is 0 Å². The van der Waals surface area contributed by atoms with Crippen molar-refractivity contribution >= 4 is 12.1 Å². The van der Waals surface area contributed by atoms with E-state index in [2.05, 4.69) is 5.32 Å². The predicted molar refractivity (Wildman–Crippen MR) is 57.9 cm³/mol. The van der Waals surface area contributed by atoms with Crippen LogP contribution in [0.3, 0.4) is 0 Å². The summed E-state index contributed by atoms with van der Waals surface area (Å²) in [6.07, 6.45) is 0.126. The molecule has 1 saturated heterocycles. The molecule has 1 aliphatic rings. The Morgan fingerprint density at radius 3 is 2.62 bits per heavy atom. The van der Waals surface area contributed by atoms with Crippen LogP contribution < -0.4 is 5.32 Å². The summed E-state index contributed by atoms with van der Waals surface area (Å²) < 4.78 is 10.0. The van der Waals surface area contributed by atoms with Crippen LogP contribution in [0.25, 0.3) is 0 Å². The molecule has 0 saturated carbocycles. The van der Waals surface area contributed by atoms with Crippen LogP contribution in [0.1, 0.15) is 34.1 Å². The maximum Gasteiger partial charge on any atom is 0.407 e. The highest BCUT2D eigenvalue weighted by Crippen LogP contribution is 2.15. The van der Waals surface area contributed by atoms with Crippen LogP contribution in [-0.2, 0) is 14.3 Å². The van der Waals surface area contributed by atoms with E-state index < -0.39 is 11.7 Å². The molecule has 16 heavy (non-hydrogen) atoms. The van der Waals surface area contributed by atoms with Crippen molar-refractivity contribution in [3.05, 3.63) is 0 Å². The van der Waals surface area contributed by atoms with Gasteiger partial charge in [-0.25, -0.2) is 4.79 Å². The van der Waals surface area contributed by atoms with E-state index in [1.165, 1.54) is 0 Å². The first-order valence-electron chi connectivity index (χ1n) is 5.44. The average Bonchev–Trinajstić information content (AvgIpc) is 2.08. The second kappa shape index (κ2) is 4.72. The molecule has 1 fully saturated rings. The van der Waals surface area contributed by atoms with Crippen LogP contribution in [0.15, 0.2) is 0 Å². The fraction of sp³-hybridized carbons (Fsp3) is 0.818. The van der Waals surface area contributed by atoms with Crippen LogP contribution in [0.2, 0.25) is 0 Å². The molecule has 0 unspecified atom stereocenters. The van der Waals surface area contributed by atoms with Gasteiger partial charge in [-0.2, -0.15) is 0 Å². The van der Waals surface area contributed by atoms with Gasteiger partial charge in [0.05, 0.1) is 12.0 Å². The monoisotopic (exact) mass is 229 g/mol. The third-order valence-electron chi connectivity index (χ3n) is 2.19. The summed E-state index contributed by atoms with van der Waals surface area (Å²) in [5, 5.41) is 2.69. The molecule has 0 aliphatic carbocycles. The number of nitrogens with one attached hydrogen (secondary N) is 1. The Morgan fingerprint density at radius 2 is 2.12 bits per heavy atom. The van der Waals surface area contributed by atoms with Crippen molar-refractivity contribution in [2.24, 2.45) is 5.92 Å². The van der Waals surface area contributed by atoms with E-state index in [0.717, 1.165) is 0 Å². The molecule has 1 rings (SSSR count). The van der Waals surface area contributed by atoms with Gasteiger partial charge in [0.2, 0.25) is 0 Å². The van der Waals surface area contributed by atoms with E-state index in [1.54, 1.807) is 27.7 Å². The SMILES string of the molecule is C[C@@H]1C[C@@H](NC(=O)OC(C)(C)C)COC1=O. The average molecular weight is 229 g/mol. The molecule has 1 aliphatic heterocycles. The number of cyclic esters (lactones) is 1. The molecular formula is C11H19NO4. The summed E-state index contributed by atoms with van der Waals surface area (Å²) in [6, 6.07) is -0.150. The molecule has 0 radical (unpaired) electrons. The summed E-state index contributed by atoms with van der Waals surface area (Å²) in [7, 11) is 0. The highest BCUT2D eigenvalue weighted by Gasteiger charge is 2.29. The van der Waals surface area contributed by atoms with E-state index >= 15 is 0 Å². The van der Waals surface area contributed by atoms with Crippen molar-refractivity contribution in [2.45, 2.75) is 45.8 Å². The molecule has 0 aromatic carbocycles. The van der Waals surface area contributed by atoms with E-state index in [9.17, 15) is 9.59 Å². The molecular weight excluding hydrogens is 210 g/mol. The lowest BCUT2D eigenvalue weighted by Crippen LogP contribution is -2.46. The summed E-state index contributed by atoms with van der Waals surface area (Å²) in [5.41, 5.74) is -0.513. The van der Waals surface area contributed by atoms with Gasteiger partial charge in [-0.05, 0) is 27.2 Å². The smallest absolute Gasteiger partial charge is 0.407 e. The molecule has 1 heterocycles. The Bertz CT molecular complexity index is 282. The normalized spacial score (nSPS) is 25.9. The van der Waals surface area contributed by atoms with Gasteiger partial charge in [-0.3, -0.25) is 4.79 Å². The number of hydrogen-bond acceptors (Lipinski definition) is 4. The Kier molecular flexibility index (Phi) is 3.78. The van der Waals surface area contributed by atoms with E-state index in [4.69, 9.17) is 9.47 Å². The summed E-state index contributed by atoms with van der Waals surface area (Å²) in [4.78, 5) is 22.5. The van der Waals surface area contributed by atoms with Crippen LogP contribution >= 0.6 is 0 Å². The third kappa shape index (κ3) is 4.08. The molecule has 92 valence electrons. The van der Waals surface area contributed by atoms with Crippen molar-refractivity contribution in [3.63, 3.8) is 0 Å². The number of carbonyl (C=O) groups is 2. The number of ether oxygens (including phenoxy) is 2. The molecule has 1 N–H and O–H groups in total. The standard InChI is InChI=1S/C11H19NO4/c1-7-5-8(6-15-9(7)13)12-10(14)16-11(2,3)4/h7-8H,5-6H2,1-4H3,(H,12,14)/t7-,8-/m1/s1. The second-order valence-electron chi connectivity index (χ2n) is 5.11. The Morgan fingerprint density at radius 1 is 1.50 bits per heavy atom. The van der Waals surface area contributed by atoms with Gasteiger partial charge in [-0.15, -0.1) is 0 Å². The molecule has 5 heteroatoms. The lowest BCUT2D eigenvalue weighted by Gasteiger charge is -2.28. The molecule has 2 atom stereocenters. The minimum Gasteiger partial charge on any atom is -0.463 e. The van der Waals surface area contributed by atoms with Gasteiger partial charge < -0.3 is 14.8 Å². The first kappa shape index (κ1) is 12.8. The minimum atomic E-state index is -0.513. The summed E-state index contributed by atoms with van der Waals surface area (Å²) in [5.74, 6) is -0.379. The van der Waals surface area contributed by atoms with E-state index in [0.29, 0.717) is 6.42 Å².